The molecule has 0 bridgehead atoms. The van der Waals surface area contributed by atoms with Crippen LogP contribution in [0.5, 0.6) is 5.75 Å². The van der Waals surface area contributed by atoms with Gasteiger partial charge in [0.05, 0.1) is 11.9 Å². The van der Waals surface area contributed by atoms with Crippen molar-refractivity contribution in [2.45, 2.75) is 65.1 Å². The fourth-order valence-corrected chi connectivity index (χ4v) is 4.14. The maximum Gasteiger partial charge on any atom is 0.258 e. The number of nitrogens with zero attached hydrogens (tertiary/aromatic N) is 2. The number of pyridine rings is 1. The number of fused-ring (bicyclic) bond motifs is 1. The number of carbonyl (C=O) groups excluding carboxylic acids is 1. The van der Waals surface area contributed by atoms with E-state index in [0.29, 0.717) is 12.5 Å². The lowest BCUT2D eigenvalue weighted by Gasteiger charge is -2.37. The van der Waals surface area contributed by atoms with Crippen LogP contribution in [-0.4, -0.2) is 25.8 Å². The van der Waals surface area contributed by atoms with Crippen LogP contribution in [0.25, 0.3) is 0 Å². The first-order valence-corrected chi connectivity index (χ1v) is 13.0. The molecule has 150 valence electrons. The van der Waals surface area contributed by atoms with Gasteiger partial charge in [-0.25, -0.2) is 0 Å². The van der Waals surface area contributed by atoms with Crippen molar-refractivity contribution in [3.8, 4) is 5.75 Å². The molecule has 1 aromatic heterocycles. The fourth-order valence-electron chi connectivity index (χ4n) is 3.12. The summed E-state index contributed by atoms with van der Waals surface area (Å²) in [5.41, 5.74) is 3.74. The van der Waals surface area contributed by atoms with Gasteiger partial charge in [0.25, 0.3) is 5.91 Å². The van der Waals surface area contributed by atoms with Gasteiger partial charge in [0, 0.05) is 17.8 Å². The standard InChI is InChI=1S/C23H32N2O2Si/c1-16(2)21-11-8-18(15-24-21)25-13-12-17-14-19(9-10-20(17)22(25)26)27-28(6,7)23(3,4)5/h8-11,14-16H,12-13H2,1-7H3. The van der Waals surface area contributed by atoms with Gasteiger partial charge in [0.15, 0.2) is 0 Å². The second-order valence-electron chi connectivity index (χ2n) is 9.48. The second kappa shape index (κ2) is 7.36. The van der Waals surface area contributed by atoms with Crippen LogP contribution < -0.4 is 9.33 Å². The molecule has 4 nitrogen and oxygen atoms in total. The highest BCUT2D eigenvalue weighted by Gasteiger charge is 2.39. The molecule has 0 aliphatic carbocycles. The summed E-state index contributed by atoms with van der Waals surface area (Å²) < 4.78 is 6.42. The summed E-state index contributed by atoms with van der Waals surface area (Å²) in [5.74, 6) is 1.31. The van der Waals surface area contributed by atoms with E-state index in [-0.39, 0.29) is 10.9 Å². The predicted octanol–water partition coefficient (Wildman–Crippen LogP) is 5.79. The van der Waals surface area contributed by atoms with Gasteiger partial charge in [-0.15, -0.1) is 0 Å². The summed E-state index contributed by atoms with van der Waals surface area (Å²) in [6, 6.07) is 9.94. The summed E-state index contributed by atoms with van der Waals surface area (Å²) in [4.78, 5) is 19.4. The molecule has 0 atom stereocenters. The molecule has 0 unspecified atom stereocenters. The average molecular weight is 397 g/mol. The topological polar surface area (TPSA) is 42.4 Å². The molecule has 0 saturated carbocycles. The molecular weight excluding hydrogens is 364 g/mol. The number of aromatic nitrogens is 1. The van der Waals surface area contributed by atoms with Crippen molar-refractivity contribution < 1.29 is 9.22 Å². The minimum atomic E-state index is -1.89. The molecule has 1 amide bonds. The highest BCUT2D eigenvalue weighted by atomic mass is 28.4. The third-order valence-corrected chi connectivity index (χ3v) is 10.4. The van der Waals surface area contributed by atoms with E-state index >= 15 is 0 Å². The molecule has 0 radical (unpaired) electrons. The zero-order valence-corrected chi connectivity index (χ0v) is 19.2. The number of benzene rings is 1. The maximum atomic E-state index is 13.1. The average Bonchev–Trinajstić information content (AvgIpc) is 2.61. The Kier molecular flexibility index (Phi) is 5.41. The van der Waals surface area contributed by atoms with E-state index in [1.807, 2.05) is 35.4 Å². The number of anilines is 1. The lowest BCUT2D eigenvalue weighted by molar-refractivity contribution is 0.0980. The predicted molar refractivity (Wildman–Crippen MR) is 118 cm³/mol. The van der Waals surface area contributed by atoms with Gasteiger partial charge in [-0.2, -0.15) is 0 Å². The zero-order chi connectivity index (χ0) is 20.7. The van der Waals surface area contributed by atoms with Gasteiger partial charge in [0.2, 0.25) is 8.32 Å². The van der Waals surface area contributed by atoms with Crippen LogP contribution in [0.4, 0.5) is 5.69 Å². The van der Waals surface area contributed by atoms with Gasteiger partial charge in [0.1, 0.15) is 5.75 Å². The number of hydrogen-bond acceptors (Lipinski definition) is 3. The van der Waals surface area contributed by atoms with Gasteiger partial charge in [-0.3, -0.25) is 9.78 Å². The molecule has 0 saturated heterocycles. The summed E-state index contributed by atoms with van der Waals surface area (Å²) in [7, 11) is -1.89. The van der Waals surface area contributed by atoms with Gasteiger partial charge in [-0.1, -0.05) is 34.6 Å². The van der Waals surface area contributed by atoms with Crippen molar-refractivity contribution in [2.24, 2.45) is 0 Å². The molecule has 0 spiro atoms. The Hall–Kier alpha value is -2.14. The van der Waals surface area contributed by atoms with Crippen molar-refractivity contribution >= 4 is 19.9 Å². The van der Waals surface area contributed by atoms with E-state index in [2.05, 4.69) is 58.8 Å². The summed E-state index contributed by atoms with van der Waals surface area (Å²) in [6.07, 6.45) is 2.63. The van der Waals surface area contributed by atoms with Crippen LogP contribution in [0, 0.1) is 0 Å². The molecule has 1 aliphatic rings. The van der Waals surface area contributed by atoms with Crippen molar-refractivity contribution in [2.75, 3.05) is 11.4 Å². The Bertz CT molecular complexity index is 867. The largest absolute Gasteiger partial charge is 0.543 e. The quantitative estimate of drug-likeness (QED) is 0.614. The number of rotatable bonds is 4. The van der Waals surface area contributed by atoms with E-state index < -0.39 is 8.32 Å². The van der Waals surface area contributed by atoms with Crippen LogP contribution in [0.1, 0.15) is 62.2 Å². The molecule has 3 rings (SSSR count). The molecule has 5 heteroatoms. The van der Waals surface area contributed by atoms with Crippen LogP contribution in [0.2, 0.25) is 18.1 Å². The molecule has 0 fully saturated rings. The molecule has 28 heavy (non-hydrogen) atoms. The van der Waals surface area contributed by atoms with Crippen molar-refractivity contribution in [1.29, 1.82) is 0 Å². The monoisotopic (exact) mass is 396 g/mol. The summed E-state index contributed by atoms with van der Waals surface area (Å²) >= 11 is 0. The summed E-state index contributed by atoms with van der Waals surface area (Å²) in [6.45, 7) is 16.1. The van der Waals surface area contributed by atoms with Crippen molar-refractivity contribution in [1.82, 2.24) is 4.98 Å². The van der Waals surface area contributed by atoms with Gasteiger partial charge < -0.3 is 9.33 Å². The minimum absolute atomic E-state index is 0.0409. The normalized spacial score (nSPS) is 15.0. The first-order chi connectivity index (χ1) is 13.0. The Labute approximate surface area is 170 Å². The van der Waals surface area contributed by atoms with Gasteiger partial charge in [-0.05, 0) is 66.4 Å². The lowest BCUT2D eigenvalue weighted by Crippen LogP contribution is -2.44. The SMILES string of the molecule is CC(C)c1ccc(N2CCc3cc(O[Si](C)(C)C(C)(C)C)ccc3C2=O)cn1. The third-order valence-electron chi connectivity index (χ3n) is 6.01. The van der Waals surface area contributed by atoms with Crippen LogP contribution in [0.3, 0.4) is 0 Å². The van der Waals surface area contributed by atoms with Crippen molar-refractivity contribution in [3.63, 3.8) is 0 Å². The van der Waals surface area contributed by atoms with E-state index in [1.165, 1.54) is 0 Å². The molecule has 2 heterocycles. The molecule has 1 aliphatic heterocycles. The van der Waals surface area contributed by atoms with Gasteiger partial charge >= 0.3 is 0 Å². The summed E-state index contributed by atoms with van der Waals surface area (Å²) in [5, 5.41) is 0.144. The first kappa shape index (κ1) is 20.6. The Morgan fingerprint density at radius 1 is 1.14 bits per heavy atom. The molecule has 0 N–H and O–H groups in total. The lowest BCUT2D eigenvalue weighted by atomic mass is 9.98. The number of amides is 1. The zero-order valence-electron chi connectivity index (χ0n) is 18.2. The maximum absolute atomic E-state index is 13.1. The van der Waals surface area contributed by atoms with E-state index in [1.54, 1.807) is 0 Å². The number of hydrogen-bond donors (Lipinski definition) is 0. The molecular formula is C23H32N2O2Si. The Morgan fingerprint density at radius 2 is 1.86 bits per heavy atom. The Morgan fingerprint density at radius 3 is 2.43 bits per heavy atom. The highest BCUT2D eigenvalue weighted by Crippen LogP contribution is 2.38. The highest BCUT2D eigenvalue weighted by molar-refractivity contribution is 6.74. The van der Waals surface area contributed by atoms with Crippen LogP contribution in [-0.2, 0) is 6.42 Å². The van der Waals surface area contributed by atoms with Crippen molar-refractivity contribution in [3.05, 3.63) is 53.3 Å². The van der Waals surface area contributed by atoms with Crippen LogP contribution in [0.15, 0.2) is 36.5 Å². The third kappa shape index (κ3) is 3.99. The Balaban J connectivity index is 1.82. The molecule has 1 aromatic carbocycles. The van der Waals surface area contributed by atoms with E-state index in [0.717, 1.165) is 34.7 Å². The first-order valence-electron chi connectivity index (χ1n) is 10.1. The van der Waals surface area contributed by atoms with Crippen LogP contribution >= 0.6 is 0 Å². The minimum Gasteiger partial charge on any atom is -0.543 e. The van der Waals surface area contributed by atoms with E-state index in [4.69, 9.17) is 4.43 Å². The van der Waals surface area contributed by atoms with E-state index in [9.17, 15) is 4.79 Å². The molecule has 2 aromatic rings. The number of carbonyl (C=O) groups is 1. The fraction of sp³-hybridized carbons (Fsp3) is 0.478. The second-order valence-corrected chi connectivity index (χ2v) is 14.2. The smallest absolute Gasteiger partial charge is 0.258 e.